The van der Waals surface area contributed by atoms with E-state index in [4.69, 9.17) is 9.47 Å². The summed E-state index contributed by atoms with van der Waals surface area (Å²) in [4.78, 5) is 31.4. The predicted molar refractivity (Wildman–Crippen MR) is 119 cm³/mol. The quantitative estimate of drug-likeness (QED) is 0.504. The fourth-order valence-electron chi connectivity index (χ4n) is 4.01. The summed E-state index contributed by atoms with van der Waals surface area (Å²) in [6.45, 7) is 3.38. The zero-order valence-electron chi connectivity index (χ0n) is 18.0. The van der Waals surface area contributed by atoms with Gasteiger partial charge in [0.2, 0.25) is 0 Å². The van der Waals surface area contributed by atoms with Gasteiger partial charge in [-0.25, -0.2) is 9.18 Å². The molecule has 0 spiro atoms. The van der Waals surface area contributed by atoms with E-state index in [1.54, 1.807) is 37.4 Å². The first-order valence-corrected chi connectivity index (χ1v) is 10.4. The number of piperazine rings is 1. The summed E-state index contributed by atoms with van der Waals surface area (Å²) in [5.74, 6) is -0.360. The second kappa shape index (κ2) is 9.27. The van der Waals surface area contributed by atoms with E-state index in [0.717, 1.165) is 36.8 Å². The van der Waals surface area contributed by atoms with Crippen LogP contribution >= 0.6 is 0 Å². The molecule has 4 rings (SSSR count). The highest BCUT2D eigenvalue weighted by atomic mass is 19.1. The Morgan fingerprint density at radius 3 is 2.50 bits per heavy atom. The number of nitrogens with one attached hydrogen (secondary N) is 3. The molecule has 0 atom stereocenters. The van der Waals surface area contributed by atoms with Gasteiger partial charge in [-0.1, -0.05) is 0 Å². The molecule has 0 radical (unpaired) electrons. The maximum absolute atomic E-state index is 13.1. The molecule has 1 aromatic heterocycles. The van der Waals surface area contributed by atoms with Gasteiger partial charge in [-0.2, -0.15) is 0 Å². The summed E-state index contributed by atoms with van der Waals surface area (Å²) in [5.41, 5.74) is 2.25. The van der Waals surface area contributed by atoms with Crippen molar-refractivity contribution in [3.05, 3.63) is 54.0 Å². The van der Waals surface area contributed by atoms with E-state index in [1.165, 1.54) is 19.2 Å². The van der Waals surface area contributed by atoms with Gasteiger partial charge in [-0.05, 0) is 36.4 Å². The number of hydrogen-bond donors (Lipinski definition) is 3. The molecule has 0 bridgehead atoms. The van der Waals surface area contributed by atoms with Crippen molar-refractivity contribution in [2.75, 3.05) is 57.2 Å². The SMILES string of the molecule is COC(=O)c1[nH]c2cc(OC)ccc2c1NC(=O)C[NH+]1CCN(c2ccc(F)cc2)CC1. The highest BCUT2D eigenvalue weighted by molar-refractivity contribution is 6.11. The summed E-state index contributed by atoms with van der Waals surface area (Å²) in [7, 11) is 2.86. The van der Waals surface area contributed by atoms with Crippen molar-refractivity contribution >= 4 is 34.2 Å². The van der Waals surface area contributed by atoms with Crippen LogP contribution in [0.25, 0.3) is 10.9 Å². The number of rotatable bonds is 6. The smallest absolute Gasteiger partial charge is 0.356 e. The number of halogens is 1. The number of carbonyl (C=O) groups is 2. The van der Waals surface area contributed by atoms with Crippen molar-refractivity contribution in [2.45, 2.75) is 0 Å². The molecule has 1 amide bonds. The van der Waals surface area contributed by atoms with Crippen LogP contribution in [-0.2, 0) is 9.53 Å². The van der Waals surface area contributed by atoms with E-state index in [-0.39, 0.29) is 24.0 Å². The van der Waals surface area contributed by atoms with Gasteiger partial charge in [0, 0.05) is 17.1 Å². The number of ether oxygens (including phenoxy) is 2. The fourth-order valence-corrected chi connectivity index (χ4v) is 4.01. The Morgan fingerprint density at radius 1 is 1.12 bits per heavy atom. The van der Waals surface area contributed by atoms with Crippen LogP contribution in [0, 0.1) is 5.82 Å². The number of H-pyrrole nitrogens is 1. The molecule has 9 heteroatoms. The zero-order valence-corrected chi connectivity index (χ0v) is 18.0. The number of fused-ring (bicyclic) bond motifs is 1. The second-order valence-corrected chi connectivity index (χ2v) is 7.72. The lowest BCUT2D eigenvalue weighted by molar-refractivity contribution is -0.892. The number of methoxy groups -OCH3 is 2. The normalized spacial score (nSPS) is 14.4. The minimum absolute atomic E-state index is 0.183. The molecule has 1 aliphatic heterocycles. The molecule has 2 aromatic carbocycles. The second-order valence-electron chi connectivity index (χ2n) is 7.72. The summed E-state index contributed by atoms with van der Waals surface area (Å²) in [6, 6.07) is 11.8. The predicted octanol–water partition coefficient (Wildman–Crippen LogP) is 1.45. The number of anilines is 2. The van der Waals surface area contributed by atoms with E-state index >= 15 is 0 Å². The third-order valence-electron chi connectivity index (χ3n) is 5.73. The van der Waals surface area contributed by atoms with Crippen LogP contribution in [0.15, 0.2) is 42.5 Å². The topological polar surface area (TPSA) is 88.1 Å². The van der Waals surface area contributed by atoms with Crippen LogP contribution < -0.4 is 19.9 Å². The van der Waals surface area contributed by atoms with Gasteiger partial charge in [0.1, 0.15) is 17.3 Å². The monoisotopic (exact) mass is 441 g/mol. The van der Waals surface area contributed by atoms with Crippen molar-refractivity contribution in [2.24, 2.45) is 0 Å². The first-order valence-electron chi connectivity index (χ1n) is 10.4. The van der Waals surface area contributed by atoms with Gasteiger partial charge in [-0.3, -0.25) is 4.79 Å². The fraction of sp³-hybridized carbons (Fsp3) is 0.304. The summed E-state index contributed by atoms with van der Waals surface area (Å²) >= 11 is 0. The van der Waals surface area contributed by atoms with Crippen molar-refractivity contribution in [1.82, 2.24) is 4.98 Å². The van der Waals surface area contributed by atoms with E-state index < -0.39 is 5.97 Å². The lowest BCUT2D eigenvalue weighted by atomic mass is 10.2. The summed E-state index contributed by atoms with van der Waals surface area (Å²) < 4.78 is 23.3. The molecule has 0 unspecified atom stereocenters. The highest BCUT2D eigenvalue weighted by Gasteiger charge is 2.25. The van der Waals surface area contributed by atoms with Crippen molar-refractivity contribution in [3.63, 3.8) is 0 Å². The average molecular weight is 441 g/mol. The summed E-state index contributed by atoms with van der Waals surface area (Å²) in [6.07, 6.45) is 0. The largest absolute Gasteiger partial charge is 0.497 e. The molecule has 0 aliphatic carbocycles. The molecule has 32 heavy (non-hydrogen) atoms. The molecule has 1 fully saturated rings. The van der Waals surface area contributed by atoms with Gasteiger partial charge >= 0.3 is 5.97 Å². The molecular weight excluding hydrogens is 415 g/mol. The van der Waals surface area contributed by atoms with Crippen molar-refractivity contribution < 1.29 is 28.4 Å². The Hall–Kier alpha value is -3.59. The van der Waals surface area contributed by atoms with Gasteiger partial charge in [0.25, 0.3) is 5.91 Å². The molecule has 8 nitrogen and oxygen atoms in total. The number of aromatic amines is 1. The van der Waals surface area contributed by atoms with Crippen LogP contribution in [0.1, 0.15) is 10.5 Å². The molecule has 3 aromatic rings. The maximum Gasteiger partial charge on any atom is 0.356 e. The first kappa shape index (κ1) is 21.6. The number of hydrogen-bond acceptors (Lipinski definition) is 5. The van der Waals surface area contributed by atoms with E-state index in [9.17, 15) is 14.0 Å². The first-order chi connectivity index (χ1) is 15.5. The molecule has 3 N–H and O–H groups in total. The minimum atomic E-state index is -0.560. The van der Waals surface area contributed by atoms with Crippen LogP contribution in [0.5, 0.6) is 5.75 Å². The summed E-state index contributed by atoms with van der Waals surface area (Å²) in [5, 5.41) is 3.60. The number of quaternary nitrogens is 1. The lowest BCUT2D eigenvalue weighted by Crippen LogP contribution is -3.15. The third kappa shape index (κ3) is 4.52. The Balaban J connectivity index is 1.43. The lowest BCUT2D eigenvalue weighted by Gasteiger charge is -2.33. The van der Waals surface area contributed by atoms with Gasteiger partial charge in [0.15, 0.2) is 6.54 Å². The molecule has 2 heterocycles. The number of nitrogens with zero attached hydrogens (tertiary/aromatic N) is 1. The Kier molecular flexibility index (Phi) is 6.27. The molecule has 168 valence electrons. The number of aromatic nitrogens is 1. The average Bonchev–Trinajstić information content (AvgIpc) is 3.17. The Bertz CT molecular complexity index is 1120. The van der Waals surface area contributed by atoms with Crippen LogP contribution in [-0.4, -0.2) is 63.8 Å². The van der Waals surface area contributed by atoms with Crippen molar-refractivity contribution in [3.8, 4) is 5.75 Å². The van der Waals surface area contributed by atoms with Gasteiger partial charge in [-0.15, -0.1) is 0 Å². The third-order valence-corrected chi connectivity index (χ3v) is 5.73. The Morgan fingerprint density at radius 2 is 1.84 bits per heavy atom. The number of carbonyl (C=O) groups excluding carboxylic acids is 2. The van der Waals surface area contributed by atoms with Crippen LogP contribution in [0.4, 0.5) is 15.8 Å². The number of esters is 1. The Labute approximate surface area is 184 Å². The van der Waals surface area contributed by atoms with E-state index in [0.29, 0.717) is 22.3 Å². The zero-order chi connectivity index (χ0) is 22.7. The van der Waals surface area contributed by atoms with E-state index in [2.05, 4.69) is 15.2 Å². The molecule has 1 aliphatic rings. The standard InChI is InChI=1S/C23H25FN4O4/c1-31-17-7-8-18-19(13-17)25-22(23(30)32-2)21(18)26-20(29)14-27-9-11-28(12-10-27)16-5-3-15(24)4-6-16/h3-8,13,25H,9-12,14H2,1-2H3,(H,26,29)/p+1. The molecule has 0 saturated carbocycles. The van der Waals surface area contributed by atoms with Gasteiger partial charge < -0.3 is 29.6 Å². The van der Waals surface area contributed by atoms with Crippen LogP contribution in [0.2, 0.25) is 0 Å². The molecule has 1 saturated heterocycles. The number of amides is 1. The molecular formula is C23H26FN4O4+. The maximum atomic E-state index is 13.1. The highest BCUT2D eigenvalue weighted by Crippen LogP contribution is 2.31. The van der Waals surface area contributed by atoms with E-state index in [1.807, 2.05) is 0 Å². The van der Waals surface area contributed by atoms with Crippen molar-refractivity contribution in [1.29, 1.82) is 0 Å². The minimum Gasteiger partial charge on any atom is -0.497 e. The van der Waals surface area contributed by atoms with Gasteiger partial charge in [0.05, 0.1) is 51.6 Å². The van der Waals surface area contributed by atoms with Crippen LogP contribution in [0.3, 0.4) is 0 Å². The number of benzene rings is 2.